The zero-order chi connectivity index (χ0) is 20.0. The van der Waals surface area contributed by atoms with Crippen molar-refractivity contribution < 1.29 is 19.2 Å². The average Bonchev–Trinajstić information content (AvgIpc) is 2.63. The van der Waals surface area contributed by atoms with Gasteiger partial charge in [-0.15, -0.1) is 0 Å². The smallest absolute Gasteiger partial charge is 0.328 e. The molecule has 0 bridgehead atoms. The molecule has 0 spiro atoms. The van der Waals surface area contributed by atoms with E-state index in [1.165, 1.54) is 25.3 Å². The van der Waals surface area contributed by atoms with Crippen molar-refractivity contribution in [2.24, 2.45) is 0 Å². The third-order valence-electron chi connectivity index (χ3n) is 3.78. The number of rotatable bonds is 7. The lowest BCUT2D eigenvalue weighted by molar-refractivity contribution is -0.384. The Morgan fingerprint density at radius 3 is 2.41 bits per heavy atom. The Morgan fingerprint density at radius 2 is 1.81 bits per heavy atom. The second kappa shape index (κ2) is 9.34. The van der Waals surface area contributed by atoms with Gasteiger partial charge in [0.1, 0.15) is 6.04 Å². The Bertz CT molecular complexity index is 852. The van der Waals surface area contributed by atoms with Gasteiger partial charge in [-0.2, -0.15) is 0 Å². The average molecular weight is 411 g/mol. The second-order valence-electron chi connectivity index (χ2n) is 5.65. The first-order valence-electron chi connectivity index (χ1n) is 7.85. The van der Waals surface area contributed by atoms with E-state index in [4.69, 9.17) is 27.9 Å². The van der Waals surface area contributed by atoms with E-state index in [0.717, 1.165) is 0 Å². The molecule has 0 heterocycles. The highest BCUT2D eigenvalue weighted by molar-refractivity contribution is 6.36. The SMILES string of the molecule is COC(=O)[C@H](Cc1c(Cl)cccc1Cl)NC(=O)Cc1cccc([N+](=O)[O-])c1. The minimum atomic E-state index is -1.00. The number of hydrogen-bond acceptors (Lipinski definition) is 5. The molecule has 27 heavy (non-hydrogen) atoms. The summed E-state index contributed by atoms with van der Waals surface area (Å²) in [5.41, 5.74) is 0.834. The van der Waals surface area contributed by atoms with Crippen LogP contribution in [0.5, 0.6) is 0 Å². The molecule has 9 heteroatoms. The molecule has 0 saturated heterocycles. The van der Waals surface area contributed by atoms with Crippen LogP contribution in [0.25, 0.3) is 0 Å². The van der Waals surface area contributed by atoms with Gasteiger partial charge < -0.3 is 10.1 Å². The minimum Gasteiger partial charge on any atom is -0.467 e. The topological polar surface area (TPSA) is 98.5 Å². The maximum absolute atomic E-state index is 12.3. The van der Waals surface area contributed by atoms with Gasteiger partial charge in [0.05, 0.1) is 18.5 Å². The van der Waals surface area contributed by atoms with Crippen LogP contribution in [0.15, 0.2) is 42.5 Å². The van der Waals surface area contributed by atoms with Gasteiger partial charge in [0.25, 0.3) is 5.69 Å². The Morgan fingerprint density at radius 1 is 1.19 bits per heavy atom. The Labute approximate surface area is 165 Å². The molecule has 0 aromatic heterocycles. The fraction of sp³-hybridized carbons (Fsp3) is 0.222. The number of halogens is 2. The number of methoxy groups -OCH3 is 1. The number of benzene rings is 2. The number of non-ortho nitro benzene ring substituents is 1. The monoisotopic (exact) mass is 410 g/mol. The molecule has 0 aliphatic heterocycles. The van der Waals surface area contributed by atoms with Crippen LogP contribution in [0, 0.1) is 10.1 Å². The van der Waals surface area contributed by atoms with Crippen molar-refractivity contribution in [2.45, 2.75) is 18.9 Å². The molecule has 0 aliphatic rings. The van der Waals surface area contributed by atoms with Crippen molar-refractivity contribution in [3.05, 3.63) is 73.8 Å². The fourth-order valence-corrected chi connectivity index (χ4v) is 3.03. The normalized spacial score (nSPS) is 11.5. The number of esters is 1. The molecular formula is C18H16Cl2N2O5. The lowest BCUT2D eigenvalue weighted by atomic mass is 10.0. The molecule has 2 rings (SSSR count). The first-order valence-corrected chi connectivity index (χ1v) is 8.60. The van der Waals surface area contributed by atoms with E-state index >= 15 is 0 Å². The number of ether oxygens (including phenoxy) is 1. The first-order chi connectivity index (χ1) is 12.8. The molecule has 2 aromatic rings. The zero-order valence-electron chi connectivity index (χ0n) is 14.3. The van der Waals surface area contributed by atoms with Gasteiger partial charge in [0, 0.05) is 28.6 Å². The molecule has 1 N–H and O–H groups in total. The van der Waals surface area contributed by atoms with E-state index in [1.54, 1.807) is 24.3 Å². The number of nitrogens with zero attached hydrogens (tertiary/aromatic N) is 1. The third-order valence-corrected chi connectivity index (χ3v) is 4.49. The molecule has 0 fully saturated rings. The van der Waals surface area contributed by atoms with Gasteiger partial charge in [0.2, 0.25) is 5.91 Å². The molecule has 0 saturated carbocycles. The summed E-state index contributed by atoms with van der Waals surface area (Å²) < 4.78 is 4.74. The summed E-state index contributed by atoms with van der Waals surface area (Å²) >= 11 is 12.2. The van der Waals surface area contributed by atoms with Crippen LogP contribution in [0.1, 0.15) is 11.1 Å². The summed E-state index contributed by atoms with van der Waals surface area (Å²) in [6.07, 6.45) is -0.0860. The van der Waals surface area contributed by atoms with Crippen molar-refractivity contribution in [3.8, 4) is 0 Å². The number of hydrogen-bond donors (Lipinski definition) is 1. The molecule has 1 amide bonds. The van der Waals surface area contributed by atoms with Crippen molar-refractivity contribution in [1.82, 2.24) is 5.32 Å². The number of nitro groups is 1. The molecule has 0 unspecified atom stereocenters. The van der Waals surface area contributed by atoms with Crippen LogP contribution in [-0.2, 0) is 27.2 Å². The molecule has 7 nitrogen and oxygen atoms in total. The van der Waals surface area contributed by atoms with Crippen LogP contribution in [-0.4, -0.2) is 30.0 Å². The van der Waals surface area contributed by atoms with E-state index in [0.29, 0.717) is 21.2 Å². The fourth-order valence-electron chi connectivity index (χ4n) is 2.48. The van der Waals surface area contributed by atoms with Crippen LogP contribution in [0.2, 0.25) is 10.0 Å². The number of nitrogens with one attached hydrogen (secondary N) is 1. The van der Waals surface area contributed by atoms with Gasteiger partial charge in [-0.25, -0.2) is 4.79 Å². The van der Waals surface area contributed by atoms with E-state index in [2.05, 4.69) is 5.32 Å². The van der Waals surface area contributed by atoms with Crippen molar-refractivity contribution in [2.75, 3.05) is 7.11 Å². The standard InChI is InChI=1S/C18H16Cl2N2O5/c1-27-18(24)16(10-13-14(19)6-3-7-15(13)20)21-17(23)9-11-4-2-5-12(8-11)22(25)26/h2-8,16H,9-10H2,1H3,(H,21,23)/t16-/m0/s1. The summed E-state index contributed by atoms with van der Waals surface area (Å²) in [4.78, 5) is 34.7. The van der Waals surface area contributed by atoms with Gasteiger partial charge in [-0.05, 0) is 23.3 Å². The summed E-state index contributed by atoms with van der Waals surface area (Å²) in [5, 5.41) is 14.1. The predicted molar refractivity (Wildman–Crippen MR) is 101 cm³/mol. The second-order valence-corrected chi connectivity index (χ2v) is 6.47. The molecule has 1 atom stereocenters. The summed E-state index contributed by atoms with van der Waals surface area (Å²) in [6.45, 7) is 0. The minimum absolute atomic E-state index is 0.0475. The van der Waals surface area contributed by atoms with Crippen LogP contribution >= 0.6 is 23.2 Å². The lowest BCUT2D eigenvalue weighted by Crippen LogP contribution is -2.43. The maximum atomic E-state index is 12.3. The van der Waals surface area contributed by atoms with Gasteiger partial charge >= 0.3 is 5.97 Å². The molecule has 0 aliphatic carbocycles. The van der Waals surface area contributed by atoms with Crippen molar-refractivity contribution in [3.63, 3.8) is 0 Å². The van der Waals surface area contributed by atoms with E-state index in [1.807, 2.05) is 0 Å². The zero-order valence-corrected chi connectivity index (χ0v) is 15.8. The van der Waals surface area contributed by atoms with E-state index < -0.39 is 22.8 Å². The summed E-state index contributed by atoms with van der Waals surface area (Å²) in [5.74, 6) is -1.15. The maximum Gasteiger partial charge on any atom is 0.328 e. The lowest BCUT2D eigenvalue weighted by Gasteiger charge is -2.18. The highest BCUT2D eigenvalue weighted by Crippen LogP contribution is 2.25. The molecular weight excluding hydrogens is 395 g/mol. The summed E-state index contributed by atoms with van der Waals surface area (Å²) in [7, 11) is 1.20. The van der Waals surface area contributed by atoms with Crippen molar-refractivity contribution in [1.29, 1.82) is 0 Å². The van der Waals surface area contributed by atoms with Crippen LogP contribution in [0.4, 0.5) is 5.69 Å². The summed E-state index contributed by atoms with van der Waals surface area (Å²) in [6, 6.07) is 9.63. The van der Waals surface area contributed by atoms with Crippen LogP contribution < -0.4 is 5.32 Å². The quantitative estimate of drug-likeness (QED) is 0.428. The molecule has 142 valence electrons. The van der Waals surface area contributed by atoms with E-state index in [9.17, 15) is 19.7 Å². The largest absolute Gasteiger partial charge is 0.467 e. The van der Waals surface area contributed by atoms with Gasteiger partial charge in [0.15, 0.2) is 0 Å². The highest BCUT2D eigenvalue weighted by atomic mass is 35.5. The predicted octanol–water partition coefficient (Wildman–Crippen LogP) is 3.34. The number of carbonyl (C=O) groups is 2. The number of carbonyl (C=O) groups excluding carboxylic acids is 2. The number of amides is 1. The first kappa shape index (κ1) is 20.7. The van der Waals surface area contributed by atoms with Gasteiger partial charge in [-0.1, -0.05) is 41.4 Å². The molecule has 0 radical (unpaired) electrons. The van der Waals surface area contributed by atoms with Crippen LogP contribution in [0.3, 0.4) is 0 Å². The van der Waals surface area contributed by atoms with E-state index in [-0.39, 0.29) is 18.5 Å². The Hall–Kier alpha value is -2.64. The van der Waals surface area contributed by atoms with Gasteiger partial charge in [-0.3, -0.25) is 14.9 Å². The third kappa shape index (κ3) is 5.67. The number of nitro benzene ring substituents is 1. The van der Waals surface area contributed by atoms with Crippen molar-refractivity contribution >= 4 is 40.8 Å². The Balaban J connectivity index is 2.14. The Kier molecular flexibility index (Phi) is 7.15. The highest BCUT2D eigenvalue weighted by Gasteiger charge is 2.24. The molecule has 2 aromatic carbocycles.